The van der Waals surface area contributed by atoms with Crippen molar-refractivity contribution in [3.63, 3.8) is 0 Å². The maximum atomic E-state index is 11.1. The monoisotopic (exact) mass is 331 g/mol. The molecule has 1 aliphatic carbocycles. The third-order valence-corrected chi connectivity index (χ3v) is 5.49. The molecule has 0 spiro atoms. The molecule has 1 fully saturated rings. The van der Waals surface area contributed by atoms with Crippen LogP contribution in [0.2, 0.25) is 0 Å². The first-order valence-electron chi connectivity index (χ1n) is 6.29. The molecule has 0 bridgehead atoms. The summed E-state index contributed by atoms with van der Waals surface area (Å²) < 4.78 is 1.13. The van der Waals surface area contributed by atoms with Crippen LogP contribution in [-0.2, 0) is 4.79 Å². The van der Waals surface area contributed by atoms with Crippen LogP contribution in [0.5, 0.6) is 0 Å². The molecular formula is C13H18BrNO2S. The molecule has 3 atom stereocenters. The van der Waals surface area contributed by atoms with E-state index in [1.54, 1.807) is 11.3 Å². The van der Waals surface area contributed by atoms with Gasteiger partial charge in [0.2, 0.25) is 0 Å². The van der Waals surface area contributed by atoms with Crippen LogP contribution in [0.1, 0.15) is 37.1 Å². The molecule has 1 saturated carbocycles. The van der Waals surface area contributed by atoms with Gasteiger partial charge in [0.1, 0.15) is 0 Å². The van der Waals surface area contributed by atoms with Gasteiger partial charge in [-0.15, -0.1) is 11.3 Å². The zero-order chi connectivity index (χ0) is 13.1. The van der Waals surface area contributed by atoms with E-state index in [2.05, 4.69) is 34.2 Å². The SMILES string of the molecule is CC(NCC1CCCC1C(=O)O)c1ccc(Br)s1. The van der Waals surface area contributed by atoms with Gasteiger partial charge in [-0.3, -0.25) is 4.79 Å². The second kappa shape index (κ2) is 6.17. The molecule has 100 valence electrons. The summed E-state index contributed by atoms with van der Waals surface area (Å²) in [6.07, 6.45) is 2.91. The van der Waals surface area contributed by atoms with Crippen LogP contribution in [0.15, 0.2) is 15.9 Å². The van der Waals surface area contributed by atoms with Gasteiger partial charge in [-0.05, 0) is 60.3 Å². The predicted molar refractivity (Wildman–Crippen MR) is 76.9 cm³/mol. The fraction of sp³-hybridized carbons (Fsp3) is 0.615. The molecule has 0 saturated heterocycles. The molecule has 3 unspecified atom stereocenters. The van der Waals surface area contributed by atoms with Crippen molar-refractivity contribution in [1.82, 2.24) is 5.32 Å². The zero-order valence-electron chi connectivity index (χ0n) is 10.4. The Labute approximate surface area is 120 Å². The summed E-state index contributed by atoms with van der Waals surface area (Å²) in [6, 6.07) is 4.44. The second-order valence-corrected chi connectivity index (χ2v) is 7.40. The molecule has 3 nitrogen and oxygen atoms in total. The van der Waals surface area contributed by atoms with Gasteiger partial charge in [-0.1, -0.05) is 6.42 Å². The molecule has 1 aromatic rings. The Morgan fingerprint density at radius 1 is 1.61 bits per heavy atom. The van der Waals surface area contributed by atoms with Gasteiger partial charge in [0.05, 0.1) is 9.70 Å². The summed E-state index contributed by atoms with van der Waals surface area (Å²) in [5.41, 5.74) is 0. The number of hydrogen-bond donors (Lipinski definition) is 2. The smallest absolute Gasteiger partial charge is 0.306 e. The minimum atomic E-state index is -0.633. The number of carboxylic acids is 1. The lowest BCUT2D eigenvalue weighted by atomic mass is 9.96. The van der Waals surface area contributed by atoms with E-state index < -0.39 is 5.97 Å². The molecular weight excluding hydrogens is 314 g/mol. The number of carbonyl (C=O) groups is 1. The molecule has 1 heterocycles. The van der Waals surface area contributed by atoms with Gasteiger partial charge in [0, 0.05) is 10.9 Å². The maximum absolute atomic E-state index is 11.1. The molecule has 0 radical (unpaired) electrons. The Balaban J connectivity index is 1.86. The minimum absolute atomic E-state index is 0.153. The van der Waals surface area contributed by atoms with E-state index in [0.717, 1.165) is 29.6 Å². The van der Waals surface area contributed by atoms with Crippen LogP contribution in [-0.4, -0.2) is 17.6 Å². The van der Waals surface area contributed by atoms with Crippen LogP contribution in [0.25, 0.3) is 0 Å². The summed E-state index contributed by atoms with van der Waals surface area (Å²) in [5.74, 6) is -0.501. The topological polar surface area (TPSA) is 49.3 Å². The highest BCUT2D eigenvalue weighted by Gasteiger charge is 2.32. The Morgan fingerprint density at radius 2 is 2.39 bits per heavy atom. The summed E-state index contributed by atoms with van der Waals surface area (Å²) in [5, 5.41) is 12.6. The van der Waals surface area contributed by atoms with Gasteiger partial charge in [-0.25, -0.2) is 0 Å². The summed E-state index contributed by atoms with van der Waals surface area (Å²) in [4.78, 5) is 12.4. The van der Waals surface area contributed by atoms with E-state index >= 15 is 0 Å². The summed E-state index contributed by atoms with van der Waals surface area (Å²) in [6.45, 7) is 2.93. The second-order valence-electron chi connectivity index (χ2n) is 4.91. The lowest BCUT2D eigenvalue weighted by Gasteiger charge is -2.19. The highest BCUT2D eigenvalue weighted by atomic mass is 79.9. The van der Waals surface area contributed by atoms with Crippen LogP contribution in [0.3, 0.4) is 0 Å². The van der Waals surface area contributed by atoms with Gasteiger partial charge < -0.3 is 10.4 Å². The number of rotatable bonds is 5. The molecule has 18 heavy (non-hydrogen) atoms. The van der Waals surface area contributed by atoms with Crippen molar-refractivity contribution in [2.24, 2.45) is 11.8 Å². The first kappa shape index (κ1) is 14.0. The molecule has 0 amide bonds. The first-order valence-corrected chi connectivity index (χ1v) is 7.90. The van der Waals surface area contributed by atoms with Crippen molar-refractivity contribution in [1.29, 1.82) is 0 Å². The fourth-order valence-electron chi connectivity index (χ4n) is 2.60. The fourth-order valence-corrected chi connectivity index (χ4v) is 4.05. The van der Waals surface area contributed by atoms with E-state index in [4.69, 9.17) is 5.11 Å². The van der Waals surface area contributed by atoms with Gasteiger partial charge in [0.15, 0.2) is 0 Å². The molecule has 1 aromatic heterocycles. The number of nitrogens with one attached hydrogen (secondary N) is 1. The maximum Gasteiger partial charge on any atom is 0.306 e. The minimum Gasteiger partial charge on any atom is -0.481 e. The number of hydrogen-bond acceptors (Lipinski definition) is 3. The lowest BCUT2D eigenvalue weighted by Crippen LogP contribution is -2.30. The van der Waals surface area contributed by atoms with Crippen LogP contribution in [0, 0.1) is 11.8 Å². The lowest BCUT2D eigenvalue weighted by molar-refractivity contribution is -0.142. The standard InChI is InChI=1S/C13H18BrNO2S/c1-8(11-5-6-12(14)18-11)15-7-9-3-2-4-10(9)13(16)17/h5-6,8-10,15H,2-4,7H2,1H3,(H,16,17). The third kappa shape index (κ3) is 3.33. The van der Waals surface area contributed by atoms with E-state index in [1.807, 2.05) is 6.07 Å². The Kier molecular flexibility index (Phi) is 4.81. The number of halogens is 1. The molecule has 0 aliphatic heterocycles. The summed E-state index contributed by atoms with van der Waals surface area (Å²) >= 11 is 5.18. The van der Waals surface area contributed by atoms with Crippen molar-refractivity contribution < 1.29 is 9.90 Å². The van der Waals surface area contributed by atoms with E-state index in [9.17, 15) is 4.79 Å². The average Bonchev–Trinajstić information content (AvgIpc) is 2.94. The molecule has 5 heteroatoms. The Bertz CT molecular complexity index is 421. The molecule has 2 N–H and O–H groups in total. The first-order chi connectivity index (χ1) is 8.58. The number of thiophene rings is 1. The molecule has 0 aromatic carbocycles. The highest BCUT2D eigenvalue weighted by molar-refractivity contribution is 9.11. The Morgan fingerprint density at radius 3 is 3.00 bits per heavy atom. The van der Waals surface area contributed by atoms with E-state index in [1.165, 1.54) is 4.88 Å². The van der Waals surface area contributed by atoms with Crippen LogP contribution < -0.4 is 5.32 Å². The third-order valence-electron chi connectivity index (χ3n) is 3.68. The van der Waals surface area contributed by atoms with Crippen molar-refractivity contribution in [2.45, 2.75) is 32.2 Å². The van der Waals surface area contributed by atoms with Crippen molar-refractivity contribution in [3.8, 4) is 0 Å². The largest absolute Gasteiger partial charge is 0.481 e. The van der Waals surface area contributed by atoms with Crippen molar-refractivity contribution in [3.05, 3.63) is 20.8 Å². The molecule has 1 aliphatic rings. The highest BCUT2D eigenvalue weighted by Crippen LogP contribution is 2.32. The van der Waals surface area contributed by atoms with Crippen LogP contribution in [0.4, 0.5) is 0 Å². The van der Waals surface area contributed by atoms with Gasteiger partial charge >= 0.3 is 5.97 Å². The van der Waals surface area contributed by atoms with E-state index in [0.29, 0.717) is 0 Å². The quantitative estimate of drug-likeness (QED) is 0.865. The Hall–Kier alpha value is -0.390. The van der Waals surface area contributed by atoms with Crippen molar-refractivity contribution >= 4 is 33.2 Å². The van der Waals surface area contributed by atoms with Gasteiger partial charge in [-0.2, -0.15) is 0 Å². The van der Waals surface area contributed by atoms with Crippen LogP contribution >= 0.6 is 27.3 Å². The number of aliphatic carboxylic acids is 1. The van der Waals surface area contributed by atoms with Crippen molar-refractivity contribution in [2.75, 3.05) is 6.54 Å². The summed E-state index contributed by atoms with van der Waals surface area (Å²) in [7, 11) is 0. The normalized spacial score (nSPS) is 25.2. The predicted octanol–water partition coefficient (Wildman–Crippen LogP) is 3.66. The number of carboxylic acid groups (broad SMARTS) is 1. The zero-order valence-corrected chi connectivity index (χ0v) is 12.8. The van der Waals surface area contributed by atoms with E-state index in [-0.39, 0.29) is 17.9 Å². The van der Waals surface area contributed by atoms with Gasteiger partial charge in [0.25, 0.3) is 0 Å². The molecule has 2 rings (SSSR count). The average molecular weight is 332 g/mol.